The lowest BCUT2D eigenvalue weighted by Crippen LogP contribution is -2.53. The predicted octanol–water partition coefficient (Wildman–Crippen LogP) is 0.755. The second-order valence-corrected chi connectivity index (χ2v) is 5.04. The molecular formula is C14H18ClN3O4. The summed E-state index contributed by atoms with van der Waals surface area (Å²) in [6.45, 7) is 3.11. The lowest BCUT2D eigenvalue weighted by Gasteiger charge is -2.29. The Morgan fingerprint density at radius 2 is 2.23 bits per heavy atom. The normalized spacial score (nSPS) is 23.4. The molecule has 0 bridgehead atoms. The van der Waals surface area contributed by atoms with Gasteiger partial charge in [-0.15, -0.1) is 12.4 Å². The van der Waals surface area contributed by atoms with Gasteiger partial charge >= 0.3 is 0 Å². The third-order valence-electron chi connectivity index (χ3n) is 3.48. The number of halogens is 1. The molecule has 120 valence electrons. The van der Waals surface area contributed by atoms with E-state index in [2.05, 4.69) is 16.0 Å². The molecule has 1 saturated heterocycles. The Labute approximate surface area is 134 Å². The summed E-state index contributed by atoms with van der Waals surface area (Å²) < 4.78 is 10.8. The number of hydrogen-bond acceptors (Lipinski definition) is 5. The molecule has 0 saturated carbocycles. The zero-order chi connectivity index (χ0) is 14.8. The van der Waals surface area contributed by atoms with Crippen molar-refractivity contribution in [2.45, 2.75) is 19.1 Å². The minimum Gasteiger partial charge on any atom is -0.482 e. The van der Waals surface area contributed by atoms with Crippen molar-refractivity contribution in [2.75, 3.05) is 30.4 Å². The van der Waals surface area contributed by atoms with Gasteiger partial charge in [-0.1, -0.05) is 0 Å². The third-order valence-corrected chi connectivity index (χ3v) is 3.48. The first-order valence-corrected chi connectivity index (χ1v) is 6.86. The van der Waals surface area contributed by atoms with E-state index < -0.39 is 0 Å². The zero-order valence-electron chi connectivity index (χ0n) is 12.0. The molecule has 3 N–H and O–H groups in total. The standard InChI is InChI=1S/C14H17N3O4.ClH/c1-8-13(15-4-5-20-8)14(19)16-9-2-3-10-11(6-9)21-7-12(18)17-10;/h2-3,6,8,13,15H,4-5,7H2,1H3,(H,16,19)(H,17,18);1H/t8-,13+;/m1./s1. The molecule has 0 spiro atoms. The third kappa shape index (κ3) is 3.49. The molecule has 1 aromatic carbocycles. The second kappa shape index (κ2) is 6.95. The SMILES string of the molecule is C[C@H]1OCCN[C@@H]1C(=O)Nc1ccc2c(c1)OCC(=O)N2.Cl. The van der Waals surface area contributed by atoms with Gasteiger partial charge in [-0.3, -0.25) is 9.59 Å². The van der Waals surface area contributed by atoms with Gasteiger partial charge in [-0.2, -0.15) is 0 Å². The van der Waals surface area contributed by atoms with E-state index in [9.17, 15) is 9.59 Å². The monoisotopic (exact) mass is 327 g/mol. The number of ether oxygens (including phenoxy) is 2. The van der Waals surface area contributed by atoms with Crippen molar-refractivity contribution in [3.63, 3.8) is 0 Å². The molecule has 2 heterocycles. The second-order valence-electron chi connectivity index (χ2n) is 5.04. The van der Waals surface area contributed by atoms with Crippen molar-refractivity contribution in [1.29, 1.82) is 0 Å². The molecule has 22 heavy (non-hydrogen) atoms. The van der Waals surface area contributed by atoms with Crippen molar-refractivity contribution in [1.82, 2.24) is 5.32 Å². The molecule has 0 aliphatic carbocycles. The minimum atomic E-state index is -0.379. The average molecular weight is 328 g/mol. The molecule has 7 nitrogen and oxygen atoms in total. The Kier molecular flexibility index (Phi) is 5.23. The number of rotatable bonds is 2. The molecule has 2 aliphatic heterocycles. The molecule has 2 amide bonds. The van der Waals surface area contributed by atoms with Crippen LogP contribution in [0, 0.1) is 0 Å². The van der Waals surface area contributed by atoms with Crippen LogP contribution < -0.4 is 20.7 Å². The summed E-state index contributed by atoms with van der Waals surface area (Å²) >= 11 is 0. The Morgan fingerprint density at radius 3 is 3.00 bits per heavy atom. The highest BCUT2D eigenvalue weighted by Gasteiger charge is 2.28. The van der Waals surface area contributed by atoms with Gasteiger partial charge in [-0.25, -0.2) is 0 Å². The van der Waals surface area contributed by atoms with Crippen molar-refractivity contribution in [2.24, 2.45) is 0 Å². The van der Waals surface area contributed by atoms with Gasteiger partial charge in [0, 0.05) is 18.3 Å². The zero-order valence-corrected chi connectivity index (χ0v) is 12.9. The molecule has 2 atom stereocenters. The number of fused-ring (bicyclic) bond motifs is 1. The molecule has 0 unspecified atom stereocenters. The van der Waals surface area contributed by atoms with Gasteiger partial charge in [0.2, 0.25) is 5.91 Å². The Morgan fingerprint density at radius 1 is 1.41 bits per heavy atom. The van der Waals surface area contributed by atoms with Gasteiger partial charge in [0.05, 0.1) is 18.4 Å². The first-order chi connectivity index (χ1) is 10.1. The lowest BCUT2D eigenvalue weighted by molar-refractivity contribution is -0.123. The summed E-state index contributed by atoms with van der Waals surface area (Å²) in [6, 6.07) is 4.74. The molecule has 1 aromatic rings. The fraction of sp³-hybridized carbons (Fsp3) is 0.429. The highest BCUT2D eigenvalue weighted by Crippen LogP contribution is 2.30. The van der Waals surface area contributed by atoms with Gasteiger partial charge in [0.25, 0.3) is 5.91 Å². The number of nitrogens with one attached hydrogen (secondary N) is 3. The fourth-order valence-corrected chi connectivity index (χ4v) is 2.40. The fourth-order valence-electron chi connectivity index (χ4n) is 2.40. The average Bonchev–Trinajstić information content (AvgIpc) is 2.48. The smallest absolute Gasteiger partial charge is 0.262 e. The Balaban J connectivity index is 0.00000176. The minimum absolute atomic E-state index is 0. The van der Waals surface area contributed by atoms with Crippen LogP contribution in [0.15, 0.2) is 18.2 Å². The maximum Gasteiger partial charge on any atom is 0.262 e. The van der Waals surface area contributed by atoms with Crippen LogP contribution in [0.3, 0.4) is 0 Å². The van der Waals surface area contributed by atoms with Crippen LogP contribution in [0.1, 0.15) is 6.92 Å². The molecule has 8 heteroatoms. The maximum atomic E-state index is 12.2. The summed E-state index contributed by atoms with van der Waals surface area (Å²) in [5.41, 5.74) is 1.23. The number of carbonyl (C=O) groups excluding carboxylic acids is 2. The van der Waals surface area contributed by atoms with Crippen LogP contribution in [-0.2, 0) is 14.3 Å². The van der Waals surface area contributed by atoms with E-state index in [0.717, 1.165) is 0 Å². The van der Waals surface area contributed by atoms with Crippen molar-refractivity contribution < 1.29 is 19.1 Å². The molecule has 0 radical (unpaired) electrons. The Hall–Kier alpha value is -1.83. The summed E-state index contributed by atoms with van der Waals surface area (Å²) in [6.07, 6.45) is -0.174. The van der Waals surface area contributed by atoms with Crippen LogP contribution in [0.4, 0.5) is 11.4 Å². The quantitative estimate of drug-likeness (QED) is 0.746. The maximum absolute atomic E-state index is 12.2. The first-order valence-electron chi connectivity index (χ1n) is 6.86. The van der Waals surface area contributed by atoms with E-state index in [-0.39, 0.29) is 43.0 Å². The molecule has 1 fully saturated rings. The summed E-state index contributed by atoms with van der Waals surface area (Å²) in [5.74, 6) is 0.215. The van der Waals surface area contributed by atoms with E-state index in [0.29, 0.717) is 30.3 Å². The number of carbonyl (C=O) groups is 2. The summed E-state index contributed by atoms with van der Waals surface area (Å²) in [5, 5.41) is 8.66. The highest BCUT2D eigenvalue weighted by molar-refractivity contribution is 5.98. The van der Waals surface area contributed by atoms with Crippen molar-refractivity contribution >= 4 is 35.6 Å². The van der Waals surface area contributed by atoms with Crippen LogP contribution in [0.2, 0.25) is 0 Å². The van der Waals surface area contributed by atoms with Crippen LogP contribution in [0.25, 0.3) is 0 Å². The van der Waals surface area contributed by atoms with Crippen molar-refractivity contribution in [3.8, 4) is 5.75 Å². The van der Waals surface area contributed by atoms with E-state index in [4.69, 9.17) is 9.47 Å². The number of amides is 2. The van der Waals surface area contributed by atoms with E-state index >= 15 is 0 Å². The molecule has 0 aromatic heterocycles. The Bertz CT molecular complexity index is 581. The first kappa shape index (κ1) is 16.5. The van der Waals surface area contributed by atoms with E-state index in [1.807, 2.05) is 6.92 Å². The predicted molar refractivity (Wildman–Crippen MR) is 83.6 cm³/mol. The van der Waals surface area contributed by atoms with Gasteiger partial charge in [-0.05, 0) is 19.1 Å². The summed E-state index contributed by atoms with van der Waals surface area (Å²) in [7, 11) is 0. The number of anilines is 2. The number of benzene rings is 1. The lowest BCUT2D eigenvalue weighted by atomic mass is 10.1. The largest absolute Gasteiger partial charge is 0.482 e. The van der Waals surface area contributed by atoms with E-state index in [1.165, 1.54) is 0 Å². The van der Waals surface area contributed by atoms with Crippen LogP contribution in [-0.4, -0.2) is 43.7 Å². The highest BCUT2D eigenvalue weighted by atomic mass is 35.5. The van der Waals surface area contributed by atoms with E-state index in [1.54, 1.807) is 18.2 Å². The number of hydrogen-bond donors (Lipinski definition) is 3. The number of morpholine rings is 1. The van der Waals surface area contributed by atoms with Gasteiger partial charge in [0.1, 0.15) is 11.8 Å². The van der Waals surface area contributed by atoms with Gasteiger partial charge in [0.15, 0.2) is 6.61 Å². The summed E-state index contributed by atoms with van der Waals surface area (Å²) in [4.78, 5) is 23.4. The molecule has 3 rings (SSSR count). The molecule has 2 aliphatic rings. The molecular weight excluding hydrogens is 310 g/mol. The van der Waals surface area contributed by atoms with Crippen LogP contribution >= 0.6 is 12.4 Å². The van der Waals surface area contributed by atoms with Crippen molar-refractivity contribution in [3.05, 3.63) is 18.2 Å². The topological polar surface area (TPSA) is 88.7 Å². The van der Waals surface area contributed by atoms with Gasteiger partial charge < -0.3 is 25.4 Å². The van der Waals surface area contributed by atoms with Crippen LogP contribution in [0.5, 0.6) is 5.75 Å².